The quantitative estimate of drug-likeness (QED) is 0.422. The van der Waals surface area contributed by atoms with Gasteiger partial charge < -0.3 is 43.5 Å². The molecular weight excluding hydrogens is 518 g/mol. The maximum Gasteiger partial charge on any atom is 0.259 e. The van der Waals surface area contributed by atoms with Crippen molar-refractivity contribution in [2.45, 2.75) is 19.4 Å². The molecule has 40 heavy (non-hydrogen) atoms. The number of benzene rings is 2. The fraction of sp³-hybridized carbons (Fsp3) is 0.310. The zero-order valence-electron chi connectivity index (χ0n) is 23.4. The molecule has 0 bridgehead atoms. The minimum absolute atomic E-state index is 0.0852. The lowest BCUT2D eigenvalue weighted by Crippen LogP contribution is -2.33. The summed E-state index contributed by atoms with van der Waals surface area (Å²) in [7, 11) is 9.04. The van der Waals surface area contributed by atoms with E-state index in [2.05, 4.69) is 6.07 Å². The fourth-order valence-corrected chi connectivity index (χ4v) is 4.89. The Balaban J connectivity index is 1.94. The van der Waals surface area contributed by atoms with E-state index in [0.717, 1.165) is 5.56 Å². The van der Waals surface area contributed by atoms with Gasteiger partial charge in [0.2, 0.25) is 17.4 Å². The number of ether oxygens (including phenoxy) is 7. The Labute approximate surface area is 231 Å². The standard InChI is InChI=1S/C29H31N3O8/c1-15-8-19-25(29(33)32(15)14-16-9-20(34-2)26(38-6)21(10-16)35-3)24(18(13-30)28(31)40-19)17-11-22(36-4)27(39-7)23(12-17)37-5/h8-12,24H,14,31H2,1-7H3. The van der Waals surface area contributed by atoms with Crippen LogP contribution >= 0.6 is 0 Å². The number of hydrogen-bond acceptors (Lipinski definition) is 10. The van der Waals surface area contributed by atoms with Gasteiger partial charge in [0.05, 0.1) is 60.7 Å². The monoisotopic (exact) mass is 549 g/mol. The van der Waals surface area contributed by atoms with E-state index in [4.69, 9.17) is 38.9 Å². The predicted molar refractivity (Wildman–Crippen MR) is 146 cm³/mol. The molecule has 11 heteroatoms. The first kappa shape index (κ1) is 28.0. The Bertz CT molecular complexity index is 1540. The number of aryl methyl sites for hydroxylation is 1. The van der Waals surface area contributed by atoms with Gasteiger partial charge in [0.15, 0.2) is 23.0 Å². The molecule has 4 rings (SSSR count). The first-order valence-electron chi connectivity index (χ1n) is 12.2. The highest BCUT2D eigenvalue weighted by molar-refractivity contribution is 5.61. The van der Waals surface area contributed by atoms with Crippen LogP contribution in [0.3, 0.4) is 0 Å². The van der Waals surface area contributed by atoms with Gasteiger partial charge in [0.25, 0.3) is 5.56 Å². The molecule has 0 amide bonds. The van der Waals surface area contributed by atoms with Crippen molar-refractivity contribution in [3.8, 4) is 46.3 Å². The minimum atomic E-state index is -0.859. The molecule has 0 aliphatic carbocycles. The molecule has 1 aromatic heterocycles. The Morgan fingerprint density at radius 1 is 0.850 bits per heavy atom. The molecule has 210 valence electrons. The summed E-state index contributed by atoms with van der Waals surface area (Å²) in [6.45, 7) is 1.97. The summed E-state index contributed by atoms with van der Waals surface area (Å²) >= 11 is 0. The molecule has 1 unspecified atom stereocenters. The summed E-state index contributed by atoms with van der Waals surface area (Å²) in [5.41, 5.74) is 8.05. The van der Waals surface area contributed by atoms with Gasteiger partial charge in [-0.15, -0.1) is 0 Å². The van der Waals surface area contributed by atoms with Gasteiger partial charge in [-0.25, -0.2) is 0 Å². The summed E-state index contributed by atoms with van der Waals surface area (Å²) in [6.07, 6.45) is 0. The average Bonchev–Trinajstić information content (AvgIpc) is 2.96. The second kappa shape index (κ2) is 11.4. The third-order valence-corrected chi connectivity index (χ3v) is 6.78. The number of nitriles is 1. The Kier molecular flexibility index (Phi) is 8.00. The largest absolute Gasteiger partial charge is 0.493 e. The van der Waals surface area contributed by atoms with Crippen LogP contribution in [0.4, 0.5) is 0 Å². The highest BCUT2D eigenvalue weighted by Crippen LogP contribution is 2.46. The van der Waals surface area contributed by atoms with Crippen LogP contribution in [0.2, 0.25) is 0 Å². The summed E-state index contributed by atoms with van der Waals surface area (Å²) in [5.74, 6) is 1.79. The molecule has 0 saturated carbocycles. The maximum atomic E-state index is 14.2. The Hall–Kier alpha value is -4.98. The van der Waals surface area contributed by atoms with Crippen molar-refractivity contribution in [3.05, 3.63) is 74.5 Å². The first-order chi connectivity index (χ1) is 19.3. The molecule has 2 N–H and O–H groups in total. The molecule has 2 aromatic carbocycles. The van der Waals surface area contributed by atoms with E-state index in [0.29, 0.717) is 45.8 Å². The number of methoxy groups -OCH3 is 6. The SMILES string of the molecule is COc1cc(Cn2c(C)cc3c(c2=O)C(c2cc(OC)c(OC)c(OC)c2)C(C#N)=C(N)O3)cc(OC)c1OC. The molecule has 0 fully saturated rings. The topological polar surface area (TPSA) is 136 Å². The zero-order chi connectivity index (χ0) is 29.1. The van der Waals surface area contributed by atoms with Crippen LogP contribution in [-0.4, -0.2) is 47.2 Å². The van der Waals surface area contributed by atoms with E-state index in [-0.39, 0.29) is 34.9 Å². The molecule has 0 saturated heterocycles. The van der Waals surface area contributed by atoms with Gasteiger partial charge in [-0.3, -0.25) is 4.79 Å². The van der Waals surface area contributed by atoms with Crippen LogP contribution in [0.5, 0.6) is 40.2 Å². The third-order valence-electron chi connectivity index (χ3n) is 6.78. The van der Waals surface area contributed by atoms with Crippen LogP contribution in [0.15, 0.2) is 46.6 Å². The second-order valence-corrected chi connectivity index (χ2v) is 8.87. The number of fused-ring (bicyclic) bond motifs is 1. The maximum absolute atomic E-state index is 14.2. The molecule has 3 aromatic rings. The van der Waals surface area contributed by atoms with E-state index < -0.39 is 5.92 Å². The van der Waals surface area contributed by atoms with E-state index >= 15 is 0 Å². The minimum Gasteiger partial charge on any atom is -0.493 e. The number of pyridine rings is 1. The third kappa shape index (κ3) is 4.68. The molecule has 1 aliphatic rings. The number of nitrogens with zero attached hydrogens (tertiary/aromatic N) is 2. The van der Waals surface area contributed by atoms with Crippen LogP contribution in [0, 0.1) is 18.3 Å². The summed E-state index contributed by atoms with van der Waals surface area (Å²) in [5, 5.41) is 10.1. The van der Waals surface area contributed by atoms with Crippen molar-refractivity contribution in [2.24, 2.45) is 5.73 Å². The Morgan fingerprint density at radius 3 is 1.80 bits per heavy atom. The van der Waals surface area contributed by atoms with Crippen LogP contribution in [0.25, 0.3) is 0 Å². The average molecular weight is 550 g/mol. The van der Waals surface area contributed by atoms with Crippen molar-refractivity contribution >= 4 is 0 Å². The molecule has 2 heterocycles. The predicted octanol–water partition coefficient (Wildman–Crippen LogP) is 3.47. The summed E-state index contributed by atoms with van der Waals surface area (Å²) in [4.78, 5) is 14.2. The van der Waals surface area contributed by atoms with Gasteiger partial charge in [-0.2, -0.15) is 5.26 Å². The van der Waals surface area contributed by atoms with Crippen LogP contribution in [0.1, 0.15) is 28.3 Å². The summed E-state index contributed by atoms with van der Waals surface area (Å²) < 4.78 is 40.3. The highest BCUT2D eigenvalue weighted by atomic mass is 16.5. The van der Waals surface area contributed by atoms with Crippen molar-refractivity contribution in [2.75, 3.05) is 42.7 Å². The lowest BCUT2D eigenvalue weighted by Gasteiger charge is -2.28. The van der Waals surface area contributed by atoms with Crippen molar-refractivity contribution in [3.63, 3.8) is 0 Å². The van der Waals surface area contributed by atoms with Crippen LogP contribution in [-0.2, 0) is 6.54 Å². The fourth-order valence-electron chi connectivity index (χ4n) is 4.89. The van der Waals surface area contributed by atoms with Gasteiger partial charge >= 0.3 is 0 Å². The second-order valence-electron chi connectivity index (χ2n) is 8.87. The van der Waals surface area contributed by atoms with Gasteiger partial charge in [-0.1, -0.05) is 0 Å². The summed E-state index contributed by atoms with van der Waals surface area (Å²) in [6, 6.07) is 10.8. The molecule has 0 radical (unpaired) electrons. The van der Waals surface area contributed by atoms with Gasteiger partial charge in [0.1, 0.15) is 17.4 Å². The number of hydrogen-bond donors (Lipinski definition) is 1. The number of nitrogens with two attached hydrogens (primary N) is 1. The molecular formula is C29H31N3O8. The number of allylic oxidation sites excluding steroid dienone is 1. The Morgan fingerprint density at radius 2 is 1.35 bits per heavy atom. The molecule has 1 aliphatic heterocycles. The molecule has 0 spiro atoms. The molecule has 11 nitrogen and oxygen atoms in total. The van der Waals surface area contributed by atoms with E-state index in [1.807, 2.05) is 0 Å². The highest BCUT2D eigenvalue weighted by Gasteiger charge is 2.35. The lowest BCUT2D eigenvalue weighted by atomic mass is 9.83. The van der Waals surface area contributed by atoms with E-state index in [1.165, 1.54) is 42.7 Å². The number of aromatic nitrogens is 1. The zero-order valence-corrected chi connectivity index (χ0v) is 23.4. The van der Waals surface area contributed by atoms with Gasteiger partial charge in [-0.05, 0) is 42.3 Å². The smallest absolute Gasteiger partial charge is 0.259 e. The molecule has 1 atom stereocenters. The number of rotatable bonds is 9. The normalized spacial score (nSPS) is 14.0. The van der Waals surface area contributed by atoms with E-state index in [1.54, 1.807) is 41.8 Å². The van der Waals surface area contributed by atoms with Crippen molar-refractivity contribution in [1.82, 2.24) is 4.57 Å². The van der Waals surface area contributed by atoms with Crippen molar-refractivity contribution < 1.29 is 33.2 Å². The van der Waals surface area contributed by atoms with E-state index in [9.17, 15) is 10.1 Å². The van der Waals surface area contributed by atoms with Gasteiger partial charge in [0, 0.05) is 11.8 Å². The van der Waals surface area contributed by atoms with Crippen molar-refractivity contribution in [1.29, 1.82) is 5.26 Å². The first-order valence-corrected chi connectivity index (χ1v) is 12.2. The van der Waals surface area contributed by atoms with Crippen LogP contribution < -0.4 is 44.5 Å². The lowest BCUT2D eigenvalue weighted by molar-refractivity contribution is 0.323.